The highest BCUT2D eigenvalue weighted by Gasteiger charge is 2.20. The van der Waals surface area contributed by atoms with Gasteiger partial charge in [-0.3, -0.25) is 0 Å². The van der Waals surface area contributed by atoms with E-state index in [1.54, 1.807) is 0 Å². The van der Waals surface area contributed by atoms with Crippen LogP contribution in [-0.2, 0) is 0 Å². The van der Waals surface area contributed by atoms with Crippen molar-refractivity contribution in [2.24, 2.45) is 0 Å². The van der Waals surface area contributed by atoms with Crippen LogP contribution in [0.5, 0.6) is 0 Å². The molecular weight excluding hydrogens is 224 g/mol. The van der Waals surface area contributed by atoms with E-state index in [1.807, 2.05) is 30.5 Å². The Morgan fingerprint density at radius 2 is 1.94 bits per heavy atom. The molecule has 2 rings (SSSR count). The second kappa shape index (κ2) is 4.90. The van der Waals surface area contributed by atoms with Crippen LogP contribution in [0.1, 0.15) is 13.8 Å². The van der Waals surface area contributed by atoms with Gasteiger partial charge in [-0.1, -0.05) is 18.2 Å². The highest BCUT2D eigenvalue weighted by Crippen LogP contribution is 2.14. The molecule has 0 unspecified atom stereocenters. The summed E-state index contributed by atoms with van der Waals surface area (Å²) < 4.78 is 0. The number of rotatable bonds is 4. The van der Waals surface area contributed by atoms with Crippen LogP contribution in [0.3, 0.4) is 0 Å². The highest BCUT2D eigenvalue weighted by molar-refractivity contribution is 5.78. The zero-order valence-electron chi connectivity index (χ0n) is 11.4. The summed E-state index contributed by atoms with van der Waals surface area (Å²) in [5.74, 6) is 0.684. The molecule has 1 aromatic carbocycles. The fraction of sp³-hybridized carbons (Fsp3) is 0.429. The predicted molar refractivity (Wildman–Crippen MR) is 75.8 cm³/mol. The van der Waals surface area contributed by atoms with Crippen molar-refractivity contribution in [3.63, 3.8) is 0 Å². The van der Waals surface area contributed by atoms with Crippen molar-refractivity contribution in [3.8, 4) is 0 Å². The van der Waals surface area contributed by atoms with Crippen LogP contribution in [0.2, 0.25) is 0 Å². The largest absolute Gasteiger partial charge is 0.352 e. The van der Waals surface area contributed by atoms with E-state index < -0.39 is 0 Å². The standard InChI is InChI=1S/C14H20N4/c1-14(2,18(3)4)10-16-13-15-9-11-7-5-6-8-12(11)17-13/h5-9H,10H2,1-4H3,(H,15,16,17). The molecule has 0 atom stereocenters. The van der Waals surface area contributed by atoms with Crippen LogP contribution < -0.4 is 5.32 Å². The minimum Gasteiger partial charge on any atom is -0.352 e. The lowest BCUT2D eigenvalue weighted by Crippen LogP contribution is -2.44. The number of aromatic nitrogens is 2. The van der Waals surface area contributed by atoms with Crippen LogP contribution in [0.15, 0.2) is 30.5 Å². The van der Waals surface area contributed by atoms with Gasteiger partial charge in [-0.05, 0) is 34.0 Å². The predicted octanol–water partition coefficient (Wildman–Crippen LogP) is 2.38. The van der Waals surface area contributed by atoms with Gasteiger partial charge in [-0.25, -0.2) is 9.97 Å². The molecule has 18 heavy (non-hydrogen) atoms. The third-order valence-electron chi connectivity index (χ3n) is 3.38. The number of para-hydroxylation sites is 1. The Bertz CT molecular complexity index is 534. The molecule has 0 aliphatic carbocycles. The fourth-order valence-electron chi connectivity index (χ4n) is 1.51. The average molecular weight is 244 g/mol. The zero-order valence-corrected chi connectivity index (χ0v) is 11.4. The summed E-state index contributed by atoms with van der Waals surface area (Å²) >= 11 is 0. The molecule has 0 aliphatic rings. The van der Waals surface area contributed by atoms with E-state index in [1.165, 1.54) is 0 Å². The van der Waals surface area contributed by atoms with Gasteiger partial charge in [0.05, 0.1) is 5.52 Å². The molecule has 0 aliphatic heterocycles. The maximum Gasteiger partial charge on any atom is 0.223 e. The Morgan fingerprint density at radius 1 is 1.22 bits per heavy atom. The number of hydrogen-bond acceptors (Lipinski definition) is 4. The SMILES string of the molecule is CN(C)C(C)(C)CNc1ncc2ccccc2n1. The Morgan fingerprint density at radius 3 is 2.67 bits per heavy atom. The van der Waals surface area contributed by atoms with E-state index in [9.17, 15) is 0 Å². The van der Waals surface area contributed by atoms with Crippen molar-refractivity contribution in [2.45, 2.75) is 19.4 Å². The summed E-state index contributed by atoms with van der Waals surface area (Å²) in [6.45, 7) is 5.17. The first-order valence-electron chi connectivity index (χ1n) is 6.12. The summed E-state index contributed by atoms with van der Waals surface area (Å²) in [7, 11) is 4.14. The van der Waals surface area contributed by atoms with Crippen LogP contribution in [0.4, 0.5) is 5.95 Å². The number of nitrogens with one attached hydrogen (secondary N) is 1. The van der Waals surface area contributed by atoms with Gasteiger partial charge in [0.2, 0.25) is 5.95 Å². The number of hydrogen-bond donors (Lipinski definition) is 1. The van der Waals surface area contributed by atoms with Gasteiger partial charge < -0.3 is 10.2 Å². The van der Waals surface area contributed by atoms with Crippen LogP contribution in [0.25, 0.3) is 10.9 Å². The van der Waals surface area contributed by atoms with Gasteiger partial charge in [-0.2, -0.15) is 0 Å². The quantitative estimate of drug-likeness (QED) is 0.896. The maximum absolute atomic E-state index is 4.50. The summed E-state index contributed by atoms with van der Waals surface area (Å²) in [6, 6.07) is 8.00. The Labute approximate surface area is 108 Å². The molecule has 1 N–H and O–H groups in total. The number of likely N-dealkylation sites (N-methyl/N-ethyl adjacent to an activating group) is 1. The van der Waals surface area contributed by atoms with E-state index >= 15 is 0 Å². The smallest absolute Gasteiger partial charge is 0.223 e. The second-order valence-corrected chi connectivity index (χ2v) is 5.31. The molecule has 4 heteroatoms. The van der Waals surface area contributed by atoms with Gasteiger partial charge in [-0.15, -0.1) is 0 Å². The topological polar surface area (TPSA) is 41.0 Å². The van der Waals surface area contributed by atoms with E-state index in [0.717, 1.165) is 17.4 Å². The Kier molecular flexibility index (Phi) is 3.48. The van der Waals surface area contributed by atoms with Crippen molar-refractivity contribution < 1.29 is 0 Å². The Hall–Kier alpha value is -1.68. The first-order chi connectivity index (χ1) is 8.49. The molecule has 1 aromatic heterocycles. The van der Waals surface area contributed by atoms with Gasteiger partial charge in [0.15, 0.2) is 0 Å². The number of anilines is 1. The van der Waals surface area contributed by atoms with E-state index in [0.29, 0.717) is 5.95 Å². The summed E-state index contributed by atoms with van der Waals surface area (Å²) in [5.41, 5.74) is 1.03. The molecule has 0 saturated heterocycles. The summed E-state index contributed by atoms with van der Waals surface area (Å²) in [5, 5.41) is 4.36. The normalized spacial score (nSPS) is 12.1. The van der Waals surface area contributed by atoms with E-state index in [4.69, 9.17) is 0 Å². The molecule has 0 bridgehead atoms. The maximum atomic E-state index is 4.50. The molecule has 1 heterocycles. The lowest BCUT2D eigenvalue weighted by Gasteiger charge is -2.32. The molecule has 0 fully saturated rings. The van der Waals surface area contributed by atoms with Gasteiger partial charge in [0, 0.05) is 23.7 Å². The third kappa shape index (κ3) is 2.76. The van der Waals surface area contributed by atoms with Crippen LogP contribution >= 0.6 is 0 Å². The first kappa shape index (κ1) is 12.8. The van der Waals surface area contributed by atoms with Crippen LogP contribution in [0, 0.1) is 0 Å². The molecule has 0 amide bonds. The molecule has 0 saturated carbocycles. The summed E-state index contributed by atoms with van der Waals surface area (Å²) in [6.07, 6.45) is 1.85. The van der Waals surface area contributed by atoms with Crippen molar-refractivity contribution >= 4 is 16.9 Å². The third-order valence-corrected chi connectivity index (χ3v) is 3.38. The molecule has 2 aromatic rings. The molecule has 4 nitrogen and oxygen atoms in total. The van der Waals surface area contributed by atoms with Gasteiger partial charge in [0.25, 0.3) is 0 Å². The minimum absolute atomic E-state index is 0.0645. The number of nitrogens with zero attached hydrogens (tertiary/aromatic N) is 3. The van der Waals surface area contributed by atoms with E-state index in [2.05, 4.69) is 48.1 Å². The average Bonchev–Trinajstić information content (AvgIpc) is 2.36. The van der Waals surface area contributed by atoms with Crippen molar-refractivity contribution in [1.29, 1.82) is 0 Å². The minimum atomic E-state index is 0.0645. The first-order valence-corrected chi connectivity index (χ1v) is 6.12. The highest BCUT2D eigenvalue weighted by atomic mass is 15.2. The van der Waals surface area contributed by atoms with Gasteiger partial charge >= 0.3 is 0 Å². The number of benzene rings is 1. The van der Waals surface area contributed by atoms with Crippen molar-refractivity contribution in [2.75, 3.05) is 26.0 Å². The second-order valence-electron chi connectivity index (χ2n) is 5.31. The van der Waals surface area contributed by atoms with Crippen LogP contribution in [-0.4, -0.2) is 41.0 Å². The lowest BCUT2D eigenvalue weighted by molar-refractivity contribution is 0.210. The fourth-order valence-corrected chi connectivity index (χ4v) is 1.51. The molecule has 96 valence electrons. The monoisotopic (exact) mass is 244 g/mol. The molecular formula is C14H20N4. The zero-order chi connectivity index (χ0) is 13.2. The Balaban J connectivity index is 2.13. The van der Waals surface area contributed by atoms with Crippen molar-refractivity contribution in [3.05, 3.63) is 30.5 Å². The lowest BCUT2D eigenvalue weighted by atomic mass is 10.1. The number of fused-ring (bicyclic) bond motifs is 1. The molecule has 0 radical (unpaired) electrons. The molecule has 0 spiro atoms. The van der Waals surface area contributed by atoms with E-state index in [-0.39, 0.29) is 5.54 Å². The van der Waals surface area contributed by atoms with Crippen molar-refractivity contribution in [1.82, 2.24) is 14.9 Å². The summed E-state index contributed by atoms with van der Waals surface area (Å²) in [4.78, 5) is 11.0. The van der Waals surface area contributed by atoms with Gasteiger partial charge in [0.1, 0.15) is 0 Å².